The van der Waals surface area contributed by atoms with Crippen molar-refractivity contribution < 1.29 is 19.4 Å². The summed E-state index contributed by atoms with van der Waals surface area (Å²) < 4.78 is 5.14. The van der Waals surface area contributed by atoms with Crippen molar-refractivity contribution in [2.45, 2.75) is 44.2 Å². The summed E-state index contributed by atoms with van der Waals surface area (Å²) in [5, 5.41) is 12.0. The normalized spacial score (nSPS) is 29.9. The summed E-state index contributed by atoms with van der Waals surface area (Å²) in [4.78, 5) is 23.4. The molecule has 0 aromatic rings. The van der Waals surface area contributed by atoms with Gasteiger partial charge in [0.05, 0.1) is 19.1 Å². The first-order valence-electron chi connectivity index (χ1n) is 6.96. The van der Waals surface area contributed by atoms with E-state index < -0.39 is 17.9 Å². The van der Waals surface area contributed by atoms with Crippen LogP contribution in [-0.2, 0) is 14.3 Å². The van der Waals surface area contributed by atoms with Gasteiger partial charge in [-0.05, 0) is 18.8 Å². The smallest absolute Gasteiger partial charge is 0.326 e. The summed E-state index contributed by atoms with van der Waals surface area (Å²) in [7, 11) is 0. The minimum absolute atomic E-state index is 0.0359. The summed E-state index contributed by atoms with van der Waals surface area (Å²) in [6.07, 6.45) is 4.96. The molecule has 3 unspecified atom stereocenters. The quantitative estimate of drug-likeness (QED) is 0.673. The van der Waals surface area contributed by atoms with Crippen LogP contribution in [0.2, 0.25) is 0 Å². The molecule has 0 radical (unpaired) electrons. The molecule has 1 aliphatic heterocycles. The molecule has 0 spiro atoms. The van der Waals surface area contributed by atoms with Crippen LogP contribution in [0.15, 0.2) is 0 Å². The van der Waals surface area contributed by atoms with E-state index in [1.54, 1.807) is 0 Å². The molecule has 0 aromatic carbocycles. The zero-order chi connectivity index (χ0) is 13.8. The van der Waals surface area contributed by atoms with Crippen LogP contribution in [-0.4, -0.2) is 42.3 Å². The third kappa shape index (κ3) is 3.45. The molecule has 1 aliphatic carbocycles. The summed E-state index contributed by atoms with van der Waals surface area (Å²) in [5.41, 5.74) is 5.78. The third-order valence-corrected chi connectivity index (χ3v) is 4.15. The summed E-state index contributed by atoms with van der Waals surface area (Å²) >= 11 is 0. The minimum Gasteiger partial charge on any atom is -0.480 e. The molecule has 19 heavy (non-hydrogen) atoms. The molecule has 1 amide bonds. The van der Waals surface area contributed by atoms with Gasteiger partial charge >= 0.3 is 5.97 Å². The van der Waals surface area contributed by atoms with Gasteiger partial charge in [-0.15, -0.1) is 0 Å². The van der Waals surface area contributed by atoms with E-state index in [4.69, 9.17) is 10.5 Å². The zero-order valence-corrected chi connectivity index (χ0v) is 11.0. The van der Waals surface area contributed by atoms with E-state index in [1.165, 1.54) is 0 Å². The van der Waals surface area contributed by atoms with Gasteiger partial charge in [-0.25, -0.2) is 4.79 Å². The fourth-order valence-corrected chi connectivity index (χ4v) is 2.95. The number of nitrogens with two attached hydrogens (primary N) is 1. The van der Waals surface area contributed by atoms with Gasteiger partial charge in [-0.3, -0.25) is 4.79 Å². The second-order valence-corrected chi connectivity index (χ2v) is 5.53. The number of carboxylic acid groups (broad SMARTS) is 1. The Labute approximate surface area is 112 Å². The van der Waals surface area contributed by atoms with Gasteiger partial charge in [0.15, 0.2) is 0 Å². The van der Waals surface area contributed by atoms with E-state index >= 15 is 0 Å². The molecule has 2 aliphatic rings. The zero-order valence-electron chi connectivity index (χ0n) is 11.0. The molecule has 1 saturated carbocycles. The standard InChI is InChI=1S/C13H22N2O4/c14-10-7-19-6-9(10)12(16)15-11(13(17)18)8-4-2-1-3-5-8/h8-11H,1-7,14H2,(H,15,16)(H,17,18). The summed E-state index contributed by atoms with van der Waals surface area (Å²) in [5.74, 6) is -1.63. The number of nitrogens with one attached hydrogen (secondary N) is 1. The number of ether oxygens (including phenoxy) is 1. The lowest BCUT2D eigenvalue weighted by Crippen LogP contribution is -2.51. The Morgan fingerprint density at radius 2 is 1.89 bits per heavy atom. The highest BCUT2D eigenvalue weighted by molar-refractivity contribution is 5.85. The molecule has 1 heterocycles. The van der Waals surface area contributed by atoms with Crippen molar-refractivity contribution in [3.63, 3.8) is 0 Å². The molecular weight excluding hydrogens is 248 g/mol. The van der Waals surface area contributed by atoms with Crippen molar-refractivity contribution in [3.05, 3.63) is 0 Å². The van der Waals surface area contributed by atoms with Crippen molar-refractivity contribution in [1.82, 2.24) is 5.32 Å². The van der Waals surface area contributed by atoms with Crippen LogP contribution < -0.4 is 11.1 Å². The Balaban J connectivity index is 1.95. The first-order valence-corrected chi connectivity index (χ1v) is 6.96. The highest BCUT2D eigenvalue weighted by atomic mass is 16.5. The van der Waals surface area contributed by atoms with Gasteiger partial charge in [0.2, 0.25) is 5.91 Å². The molecule has 1 saturated heterocycles. The van der Waals surface area contributed by atoms with Gasteiger partial charge in [-0.1, -0.05) is 19.3 Å². The lowest BCUT2D eigenvalue weighted by molar-refractivity contribution is -0.144. The average molecular weight is 270 g/mol. The van der Waals surface area contributed by atoms with Crippen molar-refractivity contribution in [3.8, 4) is 0 Å². The Hall–Kier alpha value is -1.14. The monoisotopic (exact) mass is 270 g/mol. The third-order valence-electron chi connectivity index (χ3n) is 4.15. The van der Waals surface area contributed by atoms with E-state index in [0.29, 0.717) is 6.61 Å². The Kier molecular flexibility index (Phi) is 4.76. The number of amides is 1. The van der Waals surface area contributed by atoms with Crippen molar-refractivity contribution in [2.24, 2.45) is 17.6 Å². The maximum absolute atomic E-state index is 12.1. The Morgan fingerprint density at radius 3 is 2.42 bits per heavy atom. The Bertz CT molecular complexity index is 342. The number of rotatable bonds is 4. The molecule has 2 fully saturated rings. The van der Waals surface area contributed by atoms with Crippen molar-refractivity contribution in [2.75, 3.05) is 13.2 Å². The van der Waals surface area contributed by atoms with Gasteiger partial charge in [0.1, 0.15) is 6.04 Å². The lowest BCUT2D eigenvalue weighted by Gasteiger charge is -2.29. The van der Waals surface area contributed by atoms with Crippen LogP contribution in [0.3, 0.4) is 0 Å². The van der Waals surface area contributed by atoms with Gasteiger partial charge in [-0.2, -0.15) is 0 Å². The predicted octanol–water partition coefficient (Wildman–Crippen LogP) is 0.110. The van der Waals surface area contributed by atoms with E-state index in [1.807, 2.05) is 0 Å². The van der Waals surface area contributed by atoms with E-state index in [9.17, 15) is 14.7 Å². The van der Waals surface area contributed by atoms with E-state index in [-0.39, 0.29) is 24.5 Å². The molecule has 108 valence electrons. The number of carbonyl (C=O) groups excluding carboxylic acids is 1. The fourth-order valence-electron chi connectivity index (χ4n) is 2.95. The molecule has 2 rings (SSSR count). The predicted molar refractivity (Wildman–Crippen MR) is 68.4 cm³/mol. The van der Waals surface area contributed by atoms with Crippen LogP contribution in [0.4, 0.5) is 0 Å². The van der Waals surface area contributed by atoms with Crippen LogP contribution in [0.25, 0.3) is 0 Å². The summed E-state index contributed by atoms with van der Waals surface area (Å²) in [6.45, 7) is 0.642. The molecule has 4 N–H and O–H groups in total. The van der Waals surface area contributed by atoms with E-state index in [2.05, 4.69) is 5.32 Å². The molecule has 0 bridgehead atoms. The largest absolute Gasteiger partial charge is 0.480 e. The maximum atomic E-state index is 12.1. The number of carboxylic acids is 1. The number of hydrogen-bond acceptors (Lipinski definition) is 4. The second-order valence-electron chi connectivity index (χ2n) is 5.53. The van der Waals surface area contributed by atoms with Crippen LogP contribution >= 0.6 is 0 Å². The van der Waals surface area contributed by atoms with Crippen molar-refractivity contribution >= 4 is 11.9 Å². The highest BCUT2D eigenvalue weighted by Crippen LogP contribution is 2.27. The maximum Gasteiger partial charge on any atom is 0.326 e. The van der Waals surface area contributed by atoms with E-state index in [0.717, 1.165) is 32.1 Å². The average Bonchev–Trinajstić information content (AvgIpc) is 2.82. The number of hydrogen-bond donors (Lipinski definition) is 3. The topological polar surface area (TPSA) is 102 Å². The fraction of sp³-hybridized carbons (Fsp3) is 0.846. The van der Waals surface area contributed by atoms with Crippen LogP contribution in [0.1, 0.15) is 32.1 Å². The van der Waals surface area contributed by atoms with Gasteiger partial charge < -0.3 is 20.9 Å². The number of carbonyl (C=O) groups is 2. The SMILES string of the molecule is NC1COCC1C(=O)NC(C(=O)O)C1CCCCC1. The molecular formula is C13H22N2O4. The van der Waals surface area contributed by atoms with Crippen LogP contribution in [0.5, 0.6) is 0 Å². The van der Waals surface area contributed by atoms with Gasteiger partial charge in [0.25, 0.3) is 0 Å². The molecule has 3 atom stereocenters. The summed E-state index contributed by atoms with van der Waals surface area (Å²) in [6, 6.07) is -1.12. The molecule has 6 nitrogen and oxygen atoms in total. The first kappa shape index (κ1) is 14.3. The van der Waals surface area contributed by atoms with Gasteiger partial charge in [0, 0.05) is 6.04 Å². The molecule has 6 heteroatoms. The lowest BCUT2D eigenvalue weighted by atomic mass is 9.83. The minimum atomic E-state index is -0.951. The highest BCUT2D eigenvalue weighted by Gasteiger charge is 2.36. The first-order chi connectivity index (χ1) is 9.09. The number of aliphatic carboxylic acids is 1. The van der Waals surface area contributed by atoms with Crippen molar-refractivity contribution in [1.29, 1.82) is 0 Å². The molecule has 0 aromatic heterocycles. The Morgan fingerprint density at radius 1 is 1.21 bits per heavy atom. The van der Waals surface area contributed by atoms with Crippen LogP contribution in [0, 0.1) is 11.8 Å². The second kappa shape index (κ2) is 6.34.